The highest BCUT2D eigenvalue weighted by atomic mass is 35.5. The first kappa shape index (κ1) is 32.6. The van der Waals surface area contributed by atoms with Gasteiger partial charge in [0.2, 0.25) is 21.8 Å². The van der Waals surface area contributed by atoms with Crippen molar-refractivity contribution < 1.29 is 32.0 Å². The first-order chi connectivity index (χ1) is 21.9. The highest BCUT2D eigenvalue weighted by molar-refractivity contribution is 8.00. The molecule has 1 aliphatic heterocycles. The minimum absolute atomic E-state index is 0.0414. The number of rotatable bonds is 9. The third-order valence-corrected chi connectivity index (χ3v) is 9.19. The summed E-state index contributed by atoms with van der Waals surface area (Å²) in [6.45, 7) is 0. The number of amides is 4. The Kier molecular flexibility index (Phi) is 9.68. The lowest BCUT2D eigenvalue weighted by Crippen LogP contribution is -2.31. The summed E-state index contributed by atoms with van der Waals surface area (Å²) in [6.07, 6.45) is 1.07. The Morgan fingerprint density at radius 2 is 1.61 bits per heavy atom. The Morgan fingerprint density at radius 1 is 0.935 bits per heavy atom. The van der Waals surface area contributed by atoms with Crippen LogP contribution in [-0.4, -0.2) is 37.3 Å². The van der Waals surface area contributed by atoms with E-state index in [4.69, 9.17) is 16.7 Å². The Bertz CT molecular complexity index is 1950. The number of imide groups is 1. The molecule has 0 spiro atoms. The Balaban J connectivity index is 1.29. The van der Waals surface area contributed by atoms with Gasteiger partial charge in [0.25, 0.3) is 11.8 Å². The number of benzene rings is 4. The summed E-state index contributed by atoms with van der Waals surface area (Å²) < 4.78 is 37.6. The lowest BCUT2D eigenvalue weighted by molar-refractivity contribution is -0.121. The van der Waals surface area contributed by atoms with E-state index in [0.29, 0.717) is 10.6 Å². The number of hydrogen-bond donors (Lipinski definition) is 3. The van der Waals surface area contributed by atoms with E-state index in [1.54, 1.807) is 54.6 Å². The highest BCUT2D eigenvalue weighted by Crippen LogP contribution is 2.34. The summed E-state index contributed by atoms with van der Waals surface area (Å²) in [4.78, 5) is 53.4. The molecule has 14 heteroatoms. The summed E-state index contributed by atoms with van der Waals surface area (Å²) in [5, 5.41) is 9.61. The molecule has 0 saturated carbocycles. The van der Waals surface area contributed by atoms with Crippen LogP contribution in [0.3, 0.4) is 0 Å². The number of halogens is 2. The zero-order valence-corrected chi connectivity index (χ0v) is 26.0. The maximum absolute atomic E-state index is 14.6. The Labute approximate surface area is 272 Å². The van der Waals surface area contributed by atoms with Gasteiger partial charge in [-0.05, 0) is 78.9 Å². The Hall–Kier alpha value is -4.82. The van der Waals surface area contributed by atoms with Crippen molar-refractivity contribution in [3.63, 3.8) is 0 Å². The van der Waals surface area contributed by atoms with Gasteiger partial charge in [-0.2, -0.15) is 0 Å². The molecule has 1 unspecified atom stereocenters. The Morgan fingerprint density at radius 3 is 2.24 bits per heavy atom. The van der Waals surface area contributed by atoms with E-state index in [0.717, 1.165) is 22.7 Å². The van der Waals surface area contributed by atoms with Crippen LogP contribution < -0.4 is 20.7 Å². The van der Waals surface area contributed by atoms with Gasteiger partial charge in [-0.25, -0.2) is 22.8 Å². The van der Waals surface area contributed by atoms with Crippen molar-refractivity contribution in [1.82, 2.24) is 5.32 Å². The van der Waals surface area contributed by atoms with Crippen LogP contribution in [-0.2, 0) is 24.4 Å². The molecule has 1 aliphatic rings. The quantitative estimate of drug-likeness (QED) is 0.167. The minimum Gasteiger partial charge on any atom is -0.321 e. The van der Waals surface area contributed by atoms with E-state index in [-0.39, 0.29) is 38.9 Å². The molecule has 4 aromatic rings. The highest BCUT2D eigenvalue weighted by Gasteiger charge is 2.40. The van der Waals surface area contributed by atoms with Gasteiger partial charge < -0.3 is 10.6 Å². The number of carbonyl (C=O) groups is 4. The third kappa shape index (κ3) is 7.51. The summed E-state index contributed by atoms with van der Waals surface area (Å²) in [5.41, 5.74) is 0.495. The van der Waals surface area contributed by atoms with Gasteiger partial charge in [0.1, 0.15) is 11.5 Å². The van der Waals surface area contributed by atoms with Gasteiger partial charge in [-0.3, -0.25) is 19.2 Å². The second-order valence-electron chi connectivity index (χ2n) is 9.91. The van der Waals surface area contributed by atoms with Crippen molar-refractivity contribution >= 4 is 74.5 Å². The van der Waals surface area contributed by atoms with Gasteiger partial charge in [0, 0.05) is 28.1 Å². The van der Waals surface area contributed by atoms with Crippen LogP contribution in [0.15, 0.2) is 113 Å². The van der Waals surface area contributed by atoms with Crippen molar-refractivity contribution in [1.29, 1.82) is 0 Å². The molecule has 4 N–H and O–H groups in total. The number of nitrogens with zero attached hydrogens (tertiary/aromatic N) is 1. The van der Waals surface area contributed by atoms with Gasteiger partial charge in [0.15, 0.2) is 0 Å². The van der Waals surface area contributed by atoms with Crippen molar-refractivity contribution in [3.05, 3.63) is 125 Å². The molecule has 0 aliphatic carbocycles. The molecule has 1 fully saturated rings. The fourth-order valence-corrected chi connectivity index (χ4v) is 6.25. The molecule has 0 bridgehead atoms. The molecule has 1 saturated heterocycles. The molecule has 0 aromatic heterocycles. The SMILES string of the molecule is NS(=O)(=O)c1ccc(N2C(=O)CC(Sc3ccc(NC(=O)/C(=C/c4c(F)cccc4Cl)NC(=O)c4ccccc4)cc3)C2=O)cc1. The molecule has 5 rings (SSSR count). The fourth-order valence-electron chi connectivity index (χ4n) is 4.47. The normalized spacial score (nSPS) is 15.2. The van der Waals surface area contributed by atoms with E-state index in [1.165, 1.54) is 42.5 Å². The van der Waals surface area contributed by atoms with E-state index in [2.05, 4.69) is 10.6 Å². The predicted octanol–water partition coefficient (Wildman–Crippen LogP) is 4.96. The molecule has 10 nitrogen and oxygen atoms in total. The van der Waals surface area contributed by atoms with Gasteiger partial charge in [-0.1, -0.05) is 35.9 Å². The molecule has 4 aromatic carbocycles. The zero-order chi connectivity index (χ0) is 33.0. The molecule has 4 amide bonds. The number of hydrogen-bond acceptors (Lipinski definition) is 7. The zero-order valence-electron chi connectivity index (χ0n) is 23.6. The van der Waals surface area contributed by atoms with Gasteiger partial charge in [-0.15, -0.1) is 11.8 Å². The van der Waals surface area contributed by atoms with E-state index < -0.39 is 44.7 Å². The van der Waals surface area contributed by atoms with Crippen molar-refractivity contribution in [2.24, 2.45) is 5.14 Å². The predicted molar refractivity (Wildman–Crippen MR) is 173 cm³/mol. The van der Waals surface area contributed by atoms with Crippen LogP contribution in [0.5, 0.6) is 0 Å². The van der Waals surface area contributed by atoms with E-state index in [1.807, 2.05) is 0 Å². The van der Waals surface area contributed by atoms with Crippen LogP contribution >= 0.6 is 23.4 Å². The first-order valence-electron chi connectivity index (χ1n) is 13.5. The number of thioether (sulfide) groups is 1. The van der Waals surface area contributed by atoms with Crippen LogP contribution in [0, 0.1) is 5.82 Å². The number of carbonyl (C=O) groups excluding carboxylic acids is 4. The van der Waals surface area contributed by atoms with Crippen molar-refractivity contribution in [2.45, 2.75) is 21.5 Å². The standard InChI is InChI=1S/C32H24ClFN4O6S2/c33-25-7-4-8-26(34)24(25)17-27(37-30(40)19-5-2-1-3-6-19)31(41)36-20-9-13-22(14-10-20)45-28-18-29(39)38(32(28)42)21-11-15-23(16-12-21)46(35,43)44/h1-17,28H,18H2,(H,36,41)(H,37,40)(H2,35,43,44)/b27-17-. The van der Waals surface area contributed by atoms with Crippen LogP contribution in [0.4, 0.5) is 15.8 Å². The lowest BCUT2D eigenvalue weighted by atomic mass is 10.1. The van der Waals surface area contributed by atoms with E-state index >= 15 is 0 Å². The molecule has 1 heterocycles. The smallest absolute Gasteiger partial charge is 0.272 e. The van der Waals surface area contributed by atoms with Gasteiger partial charge in [0.05, 0.1) is 20.9 Å². The minimum atomic E-state index is -3.93. The van der Waals surface area contributed by atoms with Crippen LogP contribution in [0.2, 0.25) is 5.02 Å². The lowest BCUT2D eigenvalue weighted by Gasteiger charge is -2.15. The maximum atomic E-state index is 14.6. The number of nitrogens with two attached hydrogens (primary N) is 1. The summed E-state index contributed by atoms with van der Waals surface area (Å²) in [5.74, 6) is -2.93. The molecule has 0 radical (unpaired) electrons. The van der Waals surface area contributed by atoms with Crippen molar-refractivity contribution in [3.8, 4) is 0 Å². The largest absolute Gasteiger partial charge is 0.321 e. The first-order valence-corrected chi connectivity index (χ1v) is 16.3. The second kappa shape index (κ2) is 13.7. The average Bonchev–Trinajstić information content (AvgIpc) is 3.31. The third-order valence-electron chi connectivity index (χ3n) is 6.74. The van der Waals surface area contributed by atoms with Crippen LogP contribution in [0.1, 0.15) is 22.3 Å². The molecule has 46 heavy (non-hydrogen) atoms. The number of sulfonamides is 1. The van der Waals surface area contributed by atoms with Crippen LogP contribution in [0.25, 0.3) is 6.08 Å². The fraction of sp³-hybridized carbons (Fsp3) is 0.0625. The summed E-state index contributed by atoms with van der Waals surface area (Å²) in [7, 11) is -3.93. The number of primary sulfonamides is 1. The topological polar surface area (TPSA) is 156 Å². The average molecular weight is 679 g/mol. The summed E-state index contributed by atoms with van der Waals surface area (Å²) in [6, 6.07) is 23.7. The molecule has 1 atom stereocenters. The van der Waals surface area contributed by atoms with E-state index in [9.17, 15) is 32.0 Å². The molecular formula is C32H24ClFN4O6S2. The molecule has 234 valence electrons. The summed E-state index contributed by atoms with van der Waals surface area (Å²) >= 11 is 7.31. The maximum Gasteiger partial charge on any atom is 0.272 e. The second-order valence-corrected chi connectivity index (χ2v) is 13.2. The van der Waals surface area contributed by atoms with Crippen molar-refractivity contribution in [2.75, 3.05) is 10.2 Å². The monoisotopic (exact) mass is 678 g/mol. The number of anilines is 2. The molecular weight excluding hydrogens is 655 g/mol. The van der Waals surface area contributed by atoms with Gasteiger partial charge >= 0.3 is 0 Å². The number of nitrogens with one attached hydrogen (secondary N) is 2.